The van der Waals surface area contributed by atoms with E-state index in [1.54, 1.807) is 12.1 Å². The number of nitrogens with zero attached hydrogens (tertiary/aromatic N) is 1. The summed E-state index contributed by atoms with van der Waals surface area (Å²) in [5.74, 6) is 0. The van der Waals surface area contributed by atoms with Crippen LogP contribution in [0.5, 0.6) is 0 Å². The van der Waals surface area contributed by atoms with Gasteiger partial charge in [0.1, 0.15) is 0 Å². The van der Waals surface area contributed by atoms with Crippen molar-refractivity contribution in [1.29, 1.82) is 0 Å². The van der Waals surface area contributed by atoms with Gasteiger partial charge in [0.15, 0.2) is 0 Å². The van der Waals surface area contributed by atoms with Gasteiger partial charge in [0.2, 0.25) is 0 Å². The number of benzene rings is 1. The van der Waals surface area contributed by atoms with Crippen LogP contribution >= 0.6 is 0 Å². The summed E-state index contributed by atoms with van der Waals surface area (Å²) in [4.78, 5) is 2.20. The minimum Gasteiger partial charge on any atom is -0.384 e. The Morgan fingerprint density at radius 1 is 1.17 bits per heavy atom. The molecule has 0 amide bonds. The maximum absolute atomic E-state index is 10.9. The molecule has 0 atom stereocenters. The van der Waals surface area contributed by atoms with Gasteiger partial charge in [0.25, 0.3) is 10.1 Å². The SMILES string of the molecule is CCN(CC)CCNc1ccc(S(=O)(=O)O)cc1. The number of hydrogen-bond donors (Lipinski definition) is 2. The molecule has 0 heterocycles. The quantitative estimate of drug-likeness (QED) is 0.739. The van der Waals surface area contributed by atoms with Gasteiger partial charge in [-0.05, 0) is 37.4 Å². The molecule has 5 nitrogen and oxygen atoms in total. The summed E-state index contributed by atoms with van der Waals surface area (Å²) < 4.78 is 30.5. The lowest BCUT2D eigenvalue weighted by Crippen LogP contribution is -2.28. The molecule has 102 valence electrons. The molecule has 1 aromatic carbocycles. The van der Waals surface area contributed by atoms with Crippen LogP contribution in [0.15, 0.2) is 29.2 Å². The zero-order chi connectivity index (χ0) is 13.6. The van der Waals surface area contributed by atoms with Gasteiger partial charge in [-0.25, -0.2) is 0 Å². The topological polar surface area (TPSA) is 69.6 Å². The number of anilines is 1. The highest BCUT2D eigenvalue weighted by atomic mass is 32.2. The number of rotatable bonds is 7. The minimum absolute atomic E-state index is 0.0863. The Bertz CT molecular complexity index is 453. The van der Waals surface area contributed by atoms with Crippen molar-refractivity contribution in [2.75, 3.05) is 31.5 Å². The van der Waals surface area contributed by atoms with Gasteiger partial charge in [-0.15, -0.1) is 0 Å². The van der Waals surface area contributed by atoms with Crippen LogP contribution in [0.3, 0.4) is 0 Å². The van der Waals surface area contributed by atoms with Crippen LogP contribution in [0, 0.1) is 0 Å². The van der Waals surface area contributed by atoms with Crippen molar-refractivity contribution >= 4 is 15.8 Å². The van der Waals surface area contributed by atoms with Gasteiger partial charge < -0.3 is 10.2 Å². The average Bonchev–Trinajstić information content (AvgIpc) is 2.34. The second-order valence-electron chi connectivity index (χ2n) is 3.95. The Morgan fingerprint density at radius 2 is 1.72 bits per heavy atom. The van der Waals surface area contributed by atoms with E-state index in [1.807, 2.05) is 0 Å². The van der Waals surface area contributed by atoms with E-state index in [9.17, 15) is 8.42 Å². The zero-order valence-corrected chi connectivity index (χ0v) is 11.6. The molecule has 0 fully saturated rings. The van der Waals surface area contributed by atoms with E-state index in [4.69, 9.17) is 4.55 Å². The fourth-order valence-corrected chi connectivity index (χ4v) is 2.12. The summed E-state index contributed by atoms with van der Waals surface area (Å²) in [5.41, 5.74) is 0.842. The lowest BCUT2D eigenvalue weighted by molar-refractivity contribution is 0.316. The molecule has 0 bridgehead atoms. The predicted molar refractivity (Wildman–Crippen MR) is 72.5 cm³/mol. The van der Waals surface area contributed by atoms with Gasteiger partial charge in [-0.1, -0.05) is 13.8 Å². The van der Waals surface area contributed by atoms with E-state index in [0.29, 0.717) is 0 Å². The molecule has 0 aromatic heterocycles. The molecule has 2 N–H and O–H groups in total. The largest absolute Gasteiger partial charge is 0.384 e. The molecule has 18 heavy (non-hydrogen) atoms. The van der Waals surface area contributed by atoms with Crippen molar-refractivity contribution in [3.8, 4) is 0 Å². The Kier molecular flexibility index (Phi) is 5.58. The Balaban J connectivity index is 2.50. The number of likely N-dealkylation sites (N-methyl/N-ethyl adjacent to an activating group) is 1. The summed E-state index contributed by atoms with van der Waals surface area (Å²) in [5, 5.41) is 3.20. The normalized spacial score (nSPS) is 11.8. The highest BCUT2D eigenvalue weighted by Crippen LogP contribution is 2.13. The van der Waals surface area contributed by atoms with E-state index in [2.05, 4.69) is 24.1 Å². The van der Waals surface area contributed by atoms with Gasteiger partial charge in [0.05, 0.1) is 4.90 Å². The predicted octanol–water partition coefficient (Wildman–Crippen LogP) is 1.69. The highest BCUT2D eigenvalue weighted by Gasteiger charge is 2.08. The molecule has 1 aromatic rings. The Labute approximate surface area is 109 Å². The summed E-state index contributed by atoms with van der Waals surface area (Å²) in [6.07, 6.45) is 0. The molecule has 0 unspecified atom stereocenters. The van der Waals surface area contributed by atoms with Crippen molar-refractivity contribution in [2.24, 2.45) is 0 Å². The lowest BCUT2D eigenvalue weighted by atomic mass is 10.3. The van der Waals surface area contributed by atoms with E-state index in [0.717, 1.165) is 31.9 Å². The van der Waals surface area contributed by atoms with E-state index in [-0.39, 0.29) is 4.90 Å². The minimum atomic E-state index is -4.10. The van der Waals surface area contributed by atoms with Crippen LogP contribution in [0.1, 0.15) is 13.8 Å². The van der Waals surface area contributed by atoms with Gasteiger partial charge in [0, 0.05) is 18.8 Å². The maximum atomic E-state index is 10.9. The first kappa shape index (κ1) is 14.9. The number of nitrogens with one attached hydrogen (secondary N) is 1. The van der Waals surface area contributed by atoms with Crippen molar-refractivity contribution in [3.05, 3.63) is 24.3 Å². The van der Waals surface area contributed by atoms with Crippen LogP contribution in [0.2, 0.25) is 0 Å². The third-order valence-corrected chi connectivity index (χ3v) is 3.67. The first-order valence-electron chi connectivity index (χ1n) is 6.01. The second-order valence-corrected chi connectivity index (χ2v) is 5.37. The molecule has 6 heteroatoms. The van der Waals surface area contributed by atoms with Crippen LogP contribution in [0.4, 0.5) is 5.69 Å². The molecule has 0 aliphatic rings. The monoisotopic (exact) mass is 272 g/mol. The fraction of sp³-hybridized carbons (Fsp3) is 0.500. The second kappa shape index (κ2) is 6.72. The smallest absolute Gasteiger partial charge is 0.294 e. The van der Waals surface area contributed by atoms with E-state index in [1.165, 1.54) is 12.1 Å². The summed E-state index contributed by atoms with van der Waals surface area (Å²) >= 11 is 0. The highest BCUT2D eigenvalue weighted by molar-refractivity contribution is 7.85. The molecule has 0 saturated heterocycles. The molecule has 1 rings (SSSR count). The maximum Gasteiger partial charge on any atom is 0.294 e. The molecule has 0 spiro atoms. The number of hydrogen-bond acceptors (Lipinski definition) is 4. The molecule has 0 saturated carbocycles. The average molecular weight is 272 g/mol. The molecule has 0 aliphatic carbocycles. The van der Waals surface area contributed by atoms with Crippen molar-refractivity contribution in [1.82, 2.24) is 4.90 Å². The summed E-state index contributed by atoms with van der Waals surface area (Å²) in [6, 6.07) is 6.06. The van der Waals surface area contributed by atoms with Crippen molar-refractivity contribution < 1.29 is 13.0 Å². The summed E-state index contributed by atoms with van der Waals surface area (Å²) in [6.45, 7) is 7.99. The molecule has 0 aliphatic heterocycles. The van der Waals surface area contributed by atoms with Gasteiger partial charge >= 0.3 is 0 Å². The van der Waals surface area contributed by atoms with E-state index >= 15 is 0 Å². The van der Waals surface area contributed by atoms with Crippen LogP contribution in [-0.4, -0.2) is 44.0 Å². The van der Waals surface area contributed by atoms with Crippen LogP contribution in [0.25, 0.3) is 0 Å². The standard InChI is InChI=1S/C12H20N2O3S/c1-3-14(4-2)10-9-13-11-5-7-12(8-6-11)18(15,16)17/h5-8,13H,3-4,9-10H2,1-2H3,(H,15,16,17). The van der Waals surface area contributed by atoms with Crippen LogP contribution in [-0.2, 0) is 10.1 Å². The van der Waals surface area contributed by atoms with Gasteiger partial charge in [-0.3, -0.25) is 4.55 Å². The molecule has 0 radical (unpaired) electrons. The van der Waals surface area contributed by atoms with Crippen molar-refractivity contribution in [2.45, 2.75) is 18.7 Å². The van der Waals surface area contributed by atoms with E-state index < -0.39 is 10.1 Å². The Hall–Kier alpha value is -1.11. The van der Waals surface area contributed by atoms with Crippen LogP contribution < -0.4 is 5.32 Å². The lowest BCUT2D eigenvalue weighted by Gasteiger charge is -2.18. The third-order valence-electron chi connectivity index (χ3n) is 2.80. The summed E-state index contributed by atoms with van der Waals surface area (Å²) in [7, 11) is -4.10. The Morgan fingerprint density at radius 3 is 2.17 bits per heavy atom. The van der Waals surface area contributed by atoms with Gasteiger partial charge in [-0.2, -0.15) is 8.42 Å². The zero-order valence-electron chi connectivity index (χ0n) is 10.8. The first-order valence-corrected chi connectivity index (χ1v) is 7.45. The molecular formula is C12H20N2O3S. The third kappa shape index (κ3) is 4.64. The first-order chi connectivity index (χ1) is 8.47. The van der Waals surface area contributed by atoms with Crippen molar-refractivity contribution in [3.63, 3.8) is 0 Å². The fourth-order valence-electron chi connectivity index (χ4n) is 1.64. The molecular weight excluding hydrogens is 252 g/mol.